The van der Waals surface area contributed by atoms with Gasteiger partial charge in [0.15, 0.2) is 0 Å². The minimum Gasteiger partial charge on any atom is -0.496 e. The Morgan fingerprint density at radius 2 is 1.60 bits per heavy atom. The van der Waals surface area contributed by atoms with Crippen molar-refractivity contribution in [3.63, 3.8) is 0 Å². The van der Waals surface area contributed by atoms with E-state index in [0.29, 0.717) is 0 Å². The number of para-hydroxylation sites is 1. The van der Waals surface area contributed by atoms with Crippen molar-refractivity contribution in [3.8, 4) is 5.75 Å². The van der Waals surface area contributed by atoms with E-state index in [1.807, 2.05) is 12.1 Å². The van der Waals surface area contributed by atoms with Crippen molar-refractivity contribution in [3.05, 3.63) is 65.2 Å². The lowest BCUT2D eigenvalue weighted by molar-refractivity contribution is 0.407. The van der Waals surface area contributed by atoms with Gasteiger partial charge in [-0.1, -0.05) is 42.5 Å². The molecule has 3 rings (SSSR count). The molecule has 1 saturated carbocycles. The van der Waals surface area contributed by atoms with E-state index in [1.165, 1.54) is 29.5 Å². The maximum Gasteiger partial charge on any atom is 0.123 e. The maximum atomic E-state index is 5.38. The molecule has 0 atom stereocenters. The lowest BCUT2D eigenvalue weighted by Crippen LogP contribution is -2.14. The van der Waals surface area contributed by atoms with Crippen LogP contribution in [0.2, 0.25) is 0 Å². The number of hydrogen-bond donors (Lipinski definition) is 1. The lowest BCUT2D eigenvalue weighted by atomic mass is 10.0. The molecule has 0 radical (unpaired) electrons. The van der Waals surface area contributed by atoms with Gasteiger partial charge >= 0.3 is 0 Å². The maximum absolute atomic E-state index is 5.38. The molecule has 0 bridgehead atoms. The molecule has 0 aromatic heterocycles. The summed E-state index contributed by atoms with van der Waals surface area (Å²) in [6, 6.07) is 17.0. The highest BCUT2D eigenvalue weighted by atomic mass is 16.5. The second-order valence-corrected chi connectivity index (χ2v) is 5.39. The number of methoxy groups -OCH3 is 1. The average Bonchev–Trinajstić information content (AvgIpc) is 3.33. The number of nitrogens with one attached hydrogen (secondary N) is 1. The molecule has 1 N–H and O–H groups in total. The van der Waals surface area contributed by atoms with E-state index in [2.05, 4.69) is 41.7 Å². The summed E-state index contributed by atoms with van der Waals surface area (Å²) in [5, 5.41) is 3.54. The van der Waals surface area contributed by atoms with Crippen molar-refractivity contribution < 1.29 is 4.74 Å². The molecule has 2 nitrogen and oxygen atoms in total. The lowest BCUT2D eigenvalue weighted by Gasteiger charge is -2.12. The summed E-state index contributed by atoms with van der Waals surface area (Å²) in [4.78, 5) is 0. The summed E-state index contributed by atoms with van der Waals surface area (Å²) in [6.45, 7) is 1.76. The SMILES string of the molecule is COc1ccccc1CNCc1ccccc1C1CC1. The van der Waals surface area contributed by atoms with E-state index < -0.39 is 0 Å². The van der Waals surface area contributed by atoms with E-state index in [4.69, 9.17) is 4.74 Å². The molecule has 1 fully saturated rings. The third kappa shape index (κ3) is 3.02. The van der Waals surface area contributed by atoms with Crippen molar-refractivity contribution in [2.45, 2.75) is 31.8 Å². The van der Waals surface area contributed by atoms with Gasteiger partial charge in [-0.05, 0) is 36.0 Å². The van der Waals surface area contributed by atoms with Gasteiger partial charge in [0.25, 0.3) is 0 Å². The first kappa shape index (κ1) is 13.2. The van der Waals surface area contributed by atoms with Gasteiger partial charge in [-0.25, -0.2) is 0 Å². The molecular formula is C18H21NO. The monoisotopic (exact) mass is 267 g/mol. The zero-order chi connectivity index (χ0) is 13.8. The molecular weight excluding hydrogens is 246 g/mol. The fraction of sp³-hybridized carbons (Fsp3) is 0.333. The Morgan fingerprint density at radius 3 is 2.35 bits per heavy atom. The number of hydrogen-bond acceptors (Lipinski definition) is 2. The van der Waals surface area contributed by atoms with Crippen LogP contribution in [0.25, 0.3) is 0 Å². The summed E-state index contributed by atoms with van der Waals surface area (Å²) in [6.07, 6.45) is 2.70. The van der Waals surface area contributed by atoms with E-state index in [9.17, 15) is 0 Å². The summed E-state index contributed by atoms with van der Waals surface area (Å²) < 4.78 is 5.38. The standard InChI is InChI=1S/C18H21NO/c1-20-18-9-5-3-7-16(18)13-19-12-15-6-2-4-8-17(15)14-10-11-14/h2-9,14,19H,10-13H2,1H3. The highest BCUT2D eigenvalue weighted by molar-refractivity contribution is 5.34. The third-order valence-corrected chi connectivity index (χ3v) is 3.90. The number of benzene rings is 2. The van der Waals surface area contributed by atoms with Crippen molar-refractivity contribution in [1.29, 1.82) is 0 Å². The molecule has 20 heavy (non-hydrogen) atoms. The molecule has 1 aliphatic carbocycles. The Bertz CT molecular complexity index is 575. The third-order valence-electron chi connectivity index (χ3n) is 3.90. The quantitative estimate of drug-likeness (QED) is 0.858. The van der Waals surface area contributed by atoms with E-state index >= 15 is 0 Å². The number of ether oxygens (including phenoxy) is 1. The highest BCUT2D eigenvalue weighted by Crippen LogP contribution is 2.41. The van der Waals surface area contributed by atoms with E-state index in [0.717, 1.165) is 24.8 Å². The van der Waals surface area contributed by atoms with Crippen molar-refractivity contribution in [2.24, 2.45) is 0 Å². The smallest absolute Gasteiger partial charge is 0.123 e. The molecule has 2 heteroatoms. The molecule has 0 heterocycles. The van der Waals surface area contributed by atoms with Crippen molar-refractivity contribution in [2.75, 3.05) is 7.11 Å². The predicted molar refractivity (Wildman–Crippen MR) is 82.0 cm³/mol. The van der Waals surface area contributed by atoms with Crippen LogP contribution in [0.1, 0.15) is 35.4 Å². The Labute approximate surface area is 120 Å². The number of rotatable bonds is 6. The first-order valence-electron chi connectivity index (χ1n) is 7.29. The summed E-state index contributed by atoms with van der Waals surface area (Å²) in [7, 11) is 1.72. The fourth-order valence-electron chi connectivity index (χ4n) is 2.67. The Morgan fingerprint density at radius 1 is 0.950 bits per heavy atom. The molecule has 0 saturated heterocycles. The van der Waals surface area contributed by atoms with Crippen LogP contribution in [0.5, 0.6) is 5.75 Å². The first-order valence-corrected chi connectivity index (χ1v) is 7.29. The molecule has 0 unspecified atom stereocenters. The van der Waals surface area contributed by atoms with Crippen molar-refractivity contribution in [1.82, 2.24) is 5.32 Å². The topological polar surface area (TPSA) is 21.3 Å². The van der Waals surface area contributed by atoms with Gasteiger partial charge in [-0.3, -0.25) is 0 Å². The highest BCUT2D eigenvalue weighted by Gasteiger charge is 2.25. The van der Waals surface area contributed by atoms with E-state index in [-0.39, 0.29) is 0 Å². The predicted octanol–water partition coefficient (Wildman–Crippen LogP) is 3.86. The summed E-state index contributed by atoms with van der Waals surface area (Å²) in [5.41, 5.74) is 4.17. The molecule has 104 valence electrons. The van der Waals surface area contributed by atoms with Gasteiger partial charge < -0.3 is 10.1 Å². The molecule has 0 amide bonds. The Kier molecular flexibility index (Phi) is 4.03. The molecule has 0 aliphatic heterocycles. The average molecular weight is 267 g/mol. The zero-order valence-electron chi connectivity index (χ0n) is 11.9. The Hall–Kier alpha value is -1.80. The summed E-state index contributed by atoms with van der Waals surface area (Å²) >= 11 is 0. The van der Waals surface area contributed by atoms with Crippen LogP contribution in [-0.4, -0.2) is 7.11 Å². The van der Waals surface area contributed by atoms with Crippen LogP contribution in [0.3, 0.4) is 0 Å². The van der Waals surface area contributed by atoms with Gasteiger partial charge in [0, 0.05) is 18.7 Å². The van der Waals surface area contributed by atoms with Gasteiger partial charge in [-0.2, -0.15) is 0 Å². The van der Waals surface area contributed by atoms with Crippen LogP contribution in [0, 0.1) is 0 Å². The zero-order valence-corrected chi connectivity index (χ0v) is 11.9. The van der Waals surface area contributed by atoms with Crippen LogP contribution < -0.4 is 10.1 Å². The fourth-order valence-corrected chi connectivity index (χ4v) is 2.67. The van der Waals surface area contributed by atoms with E-state index in [1.54, 1.807) is 7.11 Å². The van der Waals surface area contributed by atoms with Gasteiger partial charge in [0.2, 0.25) is 0 Å². The van der Waals surface area contributed by atoms with Crippen LogP contribution in [-0.2, 0) is 13.1 Å². The second-order valence-electron chi connectivity index (χ2n) is 5.39. The summed E-state index contributed by atoms with van der Waals surface area (Å²) in [5.74, 6) is 1.76. The molecule has 0 spiro atoms. The minimum absolute atomic E-state index is 0.805. The van der Waals surface area contributed by atoms with Crippen LogP contribution >= 0.6 is 0 Å². The van der Waals surface area contributed by atoms with Gasteiger partial charge in [-0.15, -0.1) is 0 Å². The van der Waals surface area contributed by atoms with Crippen LogP contribution in [0.4, 0.5) is 0 Å². The molecule has 2 aromatic rings. The van der Waals surface area contributed by atoms with Crippen LogP contribution in [0.15, 0.2) is 48.5 Å². The second kappa shape index (κ2) is 6.10. The normalized spacial score (nSPS) is 14.2. The largest absolute Gasteiger partial charge is 0.496 e. The molecule has 1 aliphatic rings. The van der Waals surface area contributed by atoms with Gasteiger partial charge in [0.05, 0.1) is 7.11 Å². The first-order chi connectivity index (χ1) is 9.88. The minimum atomic E-state index is 0.805. The van der Waals surface area contributed by atoms with Gasteiger partial charge in [0.1, 0.15) is 5.75 Å². The Balaban J connectivity index is 1.63. The molecule has 2 aromatic carbocycles. The van der Waals surface area contributed by atoms with Crippen molar-refractivity contribution >= 4 is 0 Å².